The topological polar surface area (TPSA) is 78.9 Å². The van der Waals surface area contributed by atoms with Crippen LogP contribution in [-0.2, 0) is 28.6 Å². The number of carbonyl (C=O) groups is 3. The van der Waals surface area contributed by atoms with Gasteiger partial charge in [0, 0.05) is 19.3 Å². The second-order valence-corrected chi connectivity index (χ2v) is 17.4. The fraction of sp³-hybridized carbons (Fsp3) is 0.678. The van der Waals surface area contributed by atoms with Gasteiger partial charge in [-0.2, -0.15) is 0 Å². The Hall–Kier alpha value is -3.67. The van der Waals surface area contributed by atoms with Crippen molar-refractivity contribution in [2.75, 3.05) is 13.2 Å². The van der Waals surface area contributed by atoms with E-state index in [1.54, 1.807) is 0 Å². The lowest BCUT2D eigenvalue weighted by atomic mass is 10.1. The predicted octanol–water partition coefficient (Wildman–Crippen LogP) is 17.8. The molecule has 0 aromatic rings. The van der Waals surface area contributed by atoms with Gasteiger partial charge in [-0.1, -0.05) is 208 Å². The molecule has 0 fully saturated rings. The van der Waals surface area contributed by atoms with Crippen molar-refractivity contribution in [2.45, 2.75) is 245 Å². The van der Waals surface area contributed by atoms with E-state index in [2.05, 4.69) is 118 Å². The van der Waals surface area contributed by atoms with Gasteiger partial charge < -0.3 is 14.2 Å². The molecule has 0 bridgehead atoms. The van der Waals surface area contributed by atoms with Crippen LogP contribution in [0.25, 0.3) is 0 Å². The standard InChI is InChI=1S/C59H98O6/c1-4-7-10-13-16-19-22-24-26-28-29-31-32-34-37-40-43-46-49-52-58(61)64-55-56(54-63-57(60)51-48-45-42-39-36-21-18-15-12-9-6-3)65-59(62)53-50-47-44-41-38-35-33-30-27-25-23-20-17-14-11-8-5-2/h7,10,15-16,18-19,24-27,29,31,33,35,41,44,56H,4-6,8-9,11-14,17,20-23,28,30,32,34,36-40,42-43,45-55H2,1-3H3/b10-7-,18-15-,19-16-,26-24-,27-25-,31-29-,35-33-,44-41-. The molecule has 1 atom stereocenters. The van der Waals surface area contributed by atoms with Gasteiger partial charge in [0.25, 0.3) is 0 Å². The summed E-state index contributed by atoms with van der Waals surface area (Å²) < 4.78 is 16.7. The van der Waals surface area contributed by atoms with Gasteiger partial charge in [-0.15, -0.1) is 0 Å². The first-order valence-corrected chi connectivity index (χ1v) is 26.7. The smallest absolute Gasteiger partial charge is 0.306 e. The molecule has 65 heavy (non-hydrogen) atoms. The van der Waals surface area contributed by atoms with Crippen LogP contribution < -0.4 is 0 Å². The van der Waals surface area contributed by atoms with Gasteiger partial charge in [-0.25, -0.2) is 0 Å². The highest BCUT2D eigenvalue weighted by atomic mass is 16.6. The summed E-state index contributed by atoms with van der Waals surface area (Å²) in [5.41, 5.74) is 0. The lowest BCUT2D eigenvalue weighted by Gasteiger charge is -2.18. The number of hydrogen-bond acceptors (Lipinski definition) is 6. The highest BCUT2D eigenvalue weighted by Crippen LogP contribution is 2.13. The summed E-state index contributed by atoms with van der Waals surface area (Å²) in [5, 5.41) is 0. The highest BCUT2D eigenvalue weighted by Gasteiger charge is 2.19. The van der Waals surface area contributed by atoms with E-state index in [0.29, 0.717) is 19.3 Å². The number of carbonyl (C=O) groups excluding carboxylic acids is 3. The molecule has 0 spiro atoms. The van der Waals surface area contributed by atoms with Gasteiger partial charge in [-0.05, 0) is 109 Å². The van der Waals surface area contributed by atoms with Crippen molar-refractivity contribution < 1.29 is 28.6 Å². The molecule has 0 aliphatic rings. The van der Waals surface area contributed by atoms with Gasteiger partial charge in [0.2, 0.25) is 0 Å². The van der Waals surface area contributed by atoms with Crippen LogP contribution >= 0.6 is 0 Å². The largest absolute Gasteiger partial charge is 0.462 e. The molecule has 6 nitrogen and oxygen atoms in total. The second kappa shape index (κ2) is 52.9. The minimum Gasteiger partial charge on any atom is -0.462 e. The van der Waals surface area contributed by atoms with Crippen LogP contribution in [0.3, 0.4) is 0 Å². The normalized spacial score (nSPS) is 12.8. The molecule has 0 heterocycles. The molecular formula is C59H98O6. The minimum absolute atomic E-state index is 0.108. The molecule has 0 rings (SSSR count). The van der Waals surface area contributed by atoms with Gasteiger partial charge in [0.05, 0.1) is 0 Å². The summed E-state index contributed by atoms with van der Waals surface area (Å²) in [7, 11) is 0. The molecule has 1 unspecified atom stereocenters. The third kappa shape index (κ3) is 51.2. The first-order chi connectivity index (χ1) is 32.0. The Bertz CT molecular complexity index is 1310. The first-order valence-electron chi connectivity index (χ1n) is 26.7. The van der Waals surface area contributed by atoms with Gasteiger partial charge in [0.15, 0.2) is 6.10 Å². The maximum Gasteiger partial charge on any atom is 0.306 e. The van der Waals surface area contributed by atoms with Crippen molar-refractivity contribution in [3.8, 4) is 0 Å². The van der Waals surface area contributed by atoms with E-state index in [0.717, 1.165) is 109 Å². The molecular weight excluding hydrogens is 805 g/mol. The number of hydrogen-bond donors (Lipinski definition) is 0. The number of ether oxygens (including phenoxy) is 3. The summed E-state index contributed by atoms with van der Waals surface area (Å²) in [6.45, 7) is 6.41. The van der Waals surface area contributed by atoms with Gasteiger partial charge in [-0.3, -0.25) is 14.4 Å². The Kier molecular flexibility index (Phi) is 50.0. The summed E-state index contributed by atoms with van der Waals surface area (Å²) in [6, 6.07) is 0. The van der Waals surface area contributed by atoms with Crippen molar-refractivity contribution in [2.24, 2.45) is 0 Å². The van der Waals surface area contributed by atoms with Crippen molar-refractivity contribution >= 4 is 17.9 Å². The van der Waals surface area contributed by atoms with Crippen LogP contribution in [0.2, 0.25) is 0 Å². The van der Waals surface area contributed by atoms with Crippen LogP contribution in [0.4, 0.5) is 0 Å². The van der Waals surface area contributed by atoms with Crippen LogP contribution in [0.15, 0.2) is 97.2 Å². The van der Waals surface area contributed by atoms with Crippen molar-refractivity contribution in [3.63, 3.8) is 0 Å². The fourth-order valence-corrected chi connectivity index (χ4v) is 7.02. The number of rotatable bonds is 47. The molecule has 0 aliphatic carbocycles. The molecule has 0 N–H and O–H groups in total. The van der Waals surface area contributed by atoms with E-state index in [9.17, 15) is 14.4 Å². The summed E-state index contributed by atoms with van der Waals surface area (Å²) >= 11 is 0. The maximum atomic E-state index is 12.8. The lowest BCUT2D eigenvalue weighted by molar-refractivity contribution is -0.167. The summed E-state index contributed by atoms with van der Waals surface area (Å²) in [6.07, 6.45) is 69.7. The zero-order valence-corrected chi connectivity index (χ0v) is 42.2. The van der Waals surface area contributed by atoms with E-state index >= 15 is 0 Å². The van der Waals surface area contributed by atoms with Crippen molar-refractivity contribution in [1.29, 1.82) is 0 Å². The number of esters is 3. The molecule has 0 aromatic heterocycles. The van der Waals surface area contributed by atoms with Gasteiger partial charge >= 0.3 is 17.9 Å². The highest BCUT2D eigenvalue weighted by molar-refractivity contribution is 5.71. The predicted molar refractivity (Wildman–Crippen MR) is 279 cm³/mol. The van der Waals surface area contributed by atoms with Gasteiger partial charge in [0.1, 0.15) is 13.2 Å². The monoisotopic (exact) mass is 903 g/mol. The Labute approximate surface area is 400 Å². The first kappa shape index (κ1) is 61.3. The number of allylic oxidation sites excluding steroid dienone is 16. The zero-order chi connectivity index (χ0) is 47.2. The molecule has 0 saturated heterocycles. The van der Waals surface area contributed by atoms with Crippen LogP contribution in [-0.4, -0.2) is 37.2 Å². The molecule has 370 valence electrons. The Balaban J connectivity index is 4.47. The van der Waals surface area contributed by atoms with E-state index in [-0.39, 0.29) is 37.5 Å². The van der Waals surface area contributed by atoms with E-state index in [1.807, 2.05) is 0 Å². The van der Waals surface area contributed by atoms with Crippen molar-refractivity contribution in [1.82, 2.24) is 0 Å². The van der Waals surface area contributed by atoms with E-state index in [4.69, 9.17) is 14.2 Å². The minimum atomic E-state index is -0.813. The second-order valence-electron chi connectivity index (χ2n) is 17.4. The molecule has 0 radical (unpaired) electrons. The molecule has 6 heteroatoms. The van der Waals surface area contributed by atoms with Crippen molar-refractivity contribution in [3.05, 3.63) is 97.2 Å². The average molecular weight is 903 g/mol. The van der Waals surface area contributed by atoms with Crippen LogP contribution in [0.1, 0.15) is 239 Å². The third-order valence-electron chi connectivity index (χ3n) is 11.0. The SMILES string of the molecule is CC/C=C\C/C=C\C/C=C\C/C=C\CCCCCCCCC(=O)OCC(COC(=O)CCCCCCC/C=C\CCCC)OC(=O)CCC/C=C\C/C=C\C/C=C\CCCCCCCC. The quantitative estimate of drug-likeness (QED) is 0.0262. The molecule has 0 aromatic carbocycles. The van der Waals surface area contributed by atoms with Crippen LogP contribution in [0, 0.1) is 0 Å². The molecule has 0 aliphatic heterocycles. The third-order valence-corrected chi connectivity index (χ3v) is 11.0. The van der Waals surface area contributed by atoms with E-state index in [1.165, 1.54) is 83.5 Å². The number of unbranched alkanes of at least 4 members (excludes halogenated alkanes) is 20. The summed E-state index contributed by atoms with van der Waals surface area (Å²) in [4.78, 5) is 38.0. The zero-order valence-electron chi connectivity index (χ0n) is 42.2. The Morgan fingerprint density at radius 2 is 0.631 bits per heavy atom. The fourth-order valence-electron chi connectivity index (χ4n) is 7.02. The van der Waals surface area contributed by atoms with E-state index < -0.39 is 6.10 Å². The van der Waals surface area contributed by atoms with Crippen LogP contribution in [0.5, 0.6) is 0 Å². The Morgan fingerprint density at radius 1 is 0.323 bits per heavy atom. The molecule has 0 amide bonds. The summed E-state index contributed by atoms with van der Waals surface area (Å²) in [5.74, 6) is -0.986. The lowest BCUT2D eigenvalue weighted by Crippen LogP contribution is -2.30. The average Bonchev–Trinajstić information content (AvgIpc) is 3.30. The maximum absolute atomic E-state index is 12.8. The Morgan fingerprint density at radius 3 is 1.05 bits per heavy atom. The molecule has 0 saturated carbocycles.